The number of ether oxygens (including phenoxy) is 1. The quantitative estimate of drug-likeness (QED) is 0.684. The van der Waals surface area contributed by atoms with Gasteiger partial charge in [-0.1, -0.05) is 38.5 Å². The van der Waals surface area contributed by atoms with E-state index in [1.807, 2.05) is 6.07 Å². The fourth-order valence-corrected chi connectivity index (χ4v) is 2.82. The molecule has 2 heteroatoms. The van der Waals surface area contributed by atoms with Crippen LogP contribution in [0.3, 0.4) is 0 Å². The summed E-state index contributed by atoms with van der Waals surface area (Å²) in [5.74, 6) is 0.974. The molecule has 0 N–H and O–H groups in total. The lowest BCUT2D eigenvalue weighted by Crippen LogP contribution is -2.33. The molecule has 1 heterocycles. The zero-order valence-corrected chi connectivity index (χ0v) is 13.4. The molecule has 1 aliphatic rings. The molecule has 1 aliphatic heterocycles. The standard InChI is InChI=1S/C19H29NO/c1-3-4-9-17(2)18-10-8-11-19(16-18)21-15-14-20-12-6-5-7-13-20/h8,10-11,16H,2-7,9,12-15H2,1H3. The molecule has 1 aromatic carbocycles. The lowest BCUT2D eigenvalue weighted by atomic mass is 10.0. The molecule has 0 aromatic heterocycles. The van der Waals surface area contributed by atoms with Gasteiger partial charge in [0, 0.05) is 6.54 Å². The van der Waals surface area contributed by atoms with Crippen molar-refractivity contribution in [2.75, 3.05) is 26.2 Å². The van der Waals surface area contributed by atoms with Crippen molar-refractivity contribution in [3.8, 4) is 5.75 Å². The Morgan fingerprint density at radius 3 is 2.81 bits per heavy atom. The van der Waals surface area contributed by atoms with E-state index in [2.05, 4.69) is 36.6 Å². The van der Waals surface area contributed by atoms with Crippen LogP contribution in [0.1, 0.15) is 51.0 Å². The molecule has 1 fully saturated rings. The van der Waals surface area contributed by atoms with Crippen molar-refractivity contribution in [1.29, 1.82) is 0 Å². The molecule has 0 radical (unpaired) electrons. The summed E-state index contributed by atoms with van der Waals surface area (Å²) in [6.45, 7) is 10.7. The van der Waals surface area contributed by atoms with Crippen molar-refractivity contribution in [3.63, 3.8) is 0 Å². The van der Waals surface area contributed by atoms with Crippen molar-refractivity contribution in [2.45, 2.75) is 45.4 Å². The molecular formula is C19H29NO. The van der Waals surface area contributed by atoms with Gasteiger partial charge < -0.3 is 4.74 Å². The minimum Gasteiger partial charge on any atom is -0.492 e. The SMILES string of the molecule is C=C(CCCC)c1cccc(OCCN2CCCCC2)c1. The van der Waals surface area contributed by atoms with E-state index in [1.165, 1.54) is 56.3 Å². The van der Waals surface area contributed by atoms with Crippen LogP contribution in [0, 0.1) is 0 Å². The highest BCUT2D eigenvalue weighted by molar-refractivity contribution is 5.64. The first kappa shape index (κ1) is 16.1. The molecule has 0 bridgehead atoms. The molecule has 0 unspecified atom stereocenters. The second kappa shape index (κ2) is 8.89. The molecule has 2 rings (SSSR count). The zero-order valence-electron chi connectivity index (χ0n) is 13.4. The summed E-state index contributed by atoms with van der Waals surface area (Å²) >= 11 is 0. The van der Waals surface area contributed by atoms with Gasteiger partial charge in [-0.25, -0.2) is 0 Å². The number of benzene rings is 1. The van der Waals surface area contributed by atoms with Crippen LogP contribution in [-0.2, 0) is 0 Å². The Hall–Kier alpha value is -1.28. The number of allylic oxidation sites excluding steroid dienone is 1. The molecule has 1 aromatic rings. The summed E-state index contributed by atoms with van der Waals surface area (Å²) in [5.41, 5.74) is 2.44. The molecule has 0 atom stereocenters. The second-order valence-electron chi connectivity index (χ2n) is 5.99. The predicted molar refractivity (Wildman–Crippen MR) is 90.8 cm³/mol. The molecule has 0 amide bonds. The van der Waals surface area contributed by atoms with E-state index in [0.29, 0.717) is 0 Å². The van der Waals surface area contributed by atoms with Gasteiger partial charge in [-0.2, -0.15) is 0 Å². The van der Waals surface area contributed by atoms with E-state index in [4.69, 9.17) is 4.74 Å². The number of piperidine rings is 1. The van der Waals surface area contributed by atoms with E-state index >= 15 is 0 Å². The number of hydrogen-bond donors (Lipinski definition) is 0. The molecule has 116 valence electrons. The van der Waals surface area contributed by atoms with E-state index in [9.17, 15) is 0 Å². The van der Waals surface area contributed by atoms with Crippen LogP contribution in [-0.4, -0.2) is 31.1 Å². The molecule has 0 spiro atoms. The van der Waals surface area contributed by atoms with Crippen LogP contribution in [0.25, 0.3) is 5.57 Å². The first-order valence-electron chi connectivity index (χ1n) is 8.43. The van der Waals surface area contributed by atoms with Crippen LogP contribution < -0.4 is 4.74 Å². The molecule has 2 nitrogen and oxygen atoms in total. The lowest BCUT2D eigenvalue weighted by molar-refractivity contribution is 0.183. The van der Waals surface area contributed by atoms with Crippen LogP contribution >= 0.6 is 0 Å². The number of rotatable bonds is 8. The van der Waals surface area contributed by atoms with Crippen LogP contribution in [0.2, 0.25) is 0 Å². The first-order valence-corrected chi connectivity index (χ1v) is 8.43. The lowest BCUT2D eigenvalue weighted by Gasteiger charge is -2.26. The van der Waals surface area contributed by atoms with E-state index in [0.717, 1.165) is 25.3 Å². The summed E-state index contributed by atoms with van der Waals surface area (Å²) in [4.78, 5) is 2.51. The average Bonchev–Trinajstić information content (AvgIpc) is 2.54. The highest BCUT2D eigenvalue weighted by atomic mass is 16.5. The van der Waals surface area contributed by atoms with Crippen LogP contribution in [0.5, 0.6) is 5.75 Å². The monoisotopic (exact) mass is 287 g/mol. The molecule has 1 saturated heterocycles. The third-order valence-corrected chi connectivity index (χ3v) is 4.20. The molecular weight excluding hydrogens is 258 g/mol. The van der Waals surface area contributed by atoms with Crippen molar-refractivity contribution >= 4 is 5.57 Å². The van der Waals surface area contributed by atoms with Crippen molar-refractivity contribution < 1.29 is 4.74 Å². The van der Waals surface area contributed by atoms with Gasteiger partial charge in [-0.3, -0.25) is 4.90 Å². The van der Waals surface area contributed by atoms with Gasteiger partial charge in [-0.05, 0) is 62.0 Å². The van der Waals surface area contributed by atoms with E-state index in [-0.39, 0.29) is 0 Å². The number of nitrogens with zero attached hydrogens (tertiary/aromatic N) is 1. The van der Waals surface area contributed by atoms with Crippen molar-refractivity contribution in [2.24, 2.45) is 0 Å². The fourth-order valence-electron chi connectivity index (χ4n) is 2.82. The Morgan fingerprint density at radius 2 is 2.05 bits per heavy atom. The number of unbranched alkanes of at least 4 members (excludes halogenated alkanes) is 1. The second-order valence-corrected chi connectivity index (χ2v) is 5.99. The number of likely N-dealkylation sites (tertiary alicyclic amines) is 1. The Balaban J connectivity index is 1.78. The highest BCUT2D eigenvalue weighted by Crippen LogP contribution is 2.23. The summed E-state index contributed by atoms with van der Waals surface area (Å²) in [6, 6.07) is 8.39. The van der Waals surface area contributed by atoms with Gasteiger partial charge in [0.25, 0.3) is 0 Å². The van der Waals surface area contributed by atoms with Crippen LogP contribution in [0.4, 0.5) is 0 Å². The first-order chi connectivity index (χ1) is 10.3. The maximum absolute atomic E-state index is 5.92. The smallest absolute Gasteiger partial charge is 0.119 e. The largest absolute Gasteiger partial charge is 0.492 e. The minimum absolute atomic E-state index is 0.783. The third kappa shape index (κ3) is 5.55. The maximum atomic E-state index is 5.92. The number of hydrogen-bond acceptors (Lipinski definition) is 2. The van der Waals surface area contributed by atoms with E-state index in [1.54, 1.807) is 0 Å². The Labute approximate surface area is 129 Å². The van der Waals surface area contributed by atoms with Gasteiger partial charge >= 0.3 is 0 Å². The average molecular weight is 287 g/mol. The highest BCUT2D eigenvalue weighted by Gasteiger charge is 2.09. The predicted octanol–water partition coefficient (Wildman–Crippen LogP) is 4.75. The van der Waals surface area contributed by atoms with Gasteiger partial charge in [0.1, 0.15) is 12.4 Å². The topological polar surface area (TPSA) is 12.5 Å². The maximum Gasteiger partial charge on any atom is 0.119 e. The minimum atomic E-state index is 0.783. The van der Waals surface area contributed by atoms with Gasteiger partial charge in [0.2, 0.25) is 0 Å². The Kier molecular flexibility index (Phi) is 6.81. The zero-order chi connectivity index (χ0) is 14.9. The summed E-state index contributed by atoms with van der Waals surface area (Å²) < 4.78 is 5.92. The van der Waals surface area contributed by atoms with Crippen molar-refractivity contribution in [3.05, 3.63) is 36.4 Å². The summed E-state index contributed by atoms with van der Waals surface area (Å²) in [7, 11) is 0. The Morgan fingerprint density at radius 1 is 1.24 bits per heavy atom. The normalized spacial score (nSPS) is 15.9. The molecule has 0 saturated carbocycles. The van der Waals surface area contributed by atoms with Gasteiger partial charge in [-0.15, -0.1) is 0 Å². The third-order valence-electron chi connectivity index (χ3n) is 4.20. The van der Waals surface area contributed by atoms with Gasteiger partial charge in [0.05, 0.1) is 0 Å². The summed E-state index contributed by atoms with van der Waals surface area (Å²) in [5, 5.41) is 0. The van der Waals surface area contributed by atoms with Gasteiger partial charge in [0.15, 0.2) is 0 Å². The van der Waals surface area contributed by atoms with Crippen molar-refractivity contribution in [1.82, 2.24) is 4.90 Å². The molecule has 0 aliphatic carbocycles. The van der Waals surface area contributed by atoms with Crippen LogP contribution in [0.15, 0.2) is 30.8 Å². The molecule has 21 heavy (non-hydrogen) atoms. The fraction of sp³-hybridized carbons (Fsp3) is 0.579. The summed E-state index contributed by atoms with van der Waals surface area (Å²) in [6.07, 6.45) is 7.57. The Bertz CT molecular complexity index is 435. The van der Waals surface area contributed by atoms with E-state index < -0.39 is 0 Å².